The summed E-state index contributed by atoms with van der Waals surface area (Å²) >= 11 is 12.9. The maximum absolute atomic E-state index is 11.6. The molecule has 2 aliphatic rings. The number of nitrogens with zero attached hydrogens (tertiary/aromatic N) is 4. The number of aromatic carboxylic acids is 1. The molecule has 41 heavy (non-hydrogen) atoms. The van der Waals surface area contributed by atoms with Crippen molar-refractivity contribution in [3.63, 3.8) is 0 Å². The molecule has 4 aromatic rings. The first-order chi connectivity index (χ1) is 19.8. The molecule has 3 aromatic heterocycles. The first kappa shape index (κ1) is 27.5. The van der Waals surface area contributed by atoms with Crippen LogP contribution in [0.15, 0.2) is 47.3 Å². The van der Waals surface area contributed by atoms with Crippen LogP contribution in [0.2, 0.25) is 10.0 Å². The largest absolute Gasteiger partial charge is 0.490 e. The Morgan fingerprint density at radius 1 is 1.12 bits per heavy atom. The fourth-order valence-electron chi connectivity index (χ4n) is 5.35. The number of benzene rings is 1. The van der Waals surface area contributed by atoms with E-state index in [1.54, 1.807) is 12.4 Å². The van der Waals surface area contributed by atoms with Crippen molar-refractivity contribution in [1.29, 1.82) is 0 Å². The van der Waals surface area contributed by atoms with Gasteiger partial charge in [0.25, 0.3) is 0 Å². The minimum absolute atomic E-state index is 0.0252. The van der Waals surface area contributed by atoms with E-state index < -0.39 is 5.97 Å². The van der Waals surface area contributed by atoms with E-state index in [2.05, 4.69) is 38.2 Å². The van der Waals surface area contributed by atoms with E-state index in [-0.39, 0.29) is 11.8 Å². The molecule has 212 valence electrons. The third-order valence-corrected chi connectivity index (χ3v) is 8.14. The summed E-state index contributed by atoms with van der Waals surface area (Å²) < 4.78 is 11.8. The lowest BCUT2D eigenvalue weighted by atomic mass is 9.94. The van der Waals surface area contributed by atoms with E-state index in [1.165, 1.54) is 6.07 Å². The van der Waals surface area contributed by atoms with Gasteiger partial charge in [-0.3, -0.25) is 4.98 Å². The number of rotatable bonds is 8. The zero-order valence-corrected chi connectivity index (χ0v) is 24.3. The maximum Gasteiger partial charge on any atom is 0.354 e. The number of carboxylic acid groups (broad SMARTS) is 1. The Balaban J connectivity index is 1.21. The van der Waals surface area contributed by atoms with Crippen LogP contribution < -0.4 is 9.64 Å². The van der Waals surface area contributed by atoms with Crippen molar-refractivity contribution >= 4 is 51.8 Å². The van der Waals surface area contributed by atoms with E-state index in [0.717, 1.165) is 61.2 Å². The van der Waals surface area contributed by atoms with Crippen LogP contribution in [-0.2, 0) is 0 Å². The molecule has 10 heteroatoms. The standard InChI is InChI=1S/C31H30Cl2N4O4/c1-17(2)40-27-14-26(31(38)39)35-25-8-6-20(13-22(25)27)37-11-9-18(10-12-37)3-7-21-29(36-41-30(21)19-4-5-19)28-23(32)15-34-16-24(28)33/h3,6-8,13-19H,4-5,9-12H2,1-2H3,(H,38,39)/b7-3+. The highest BCUT2D eigenvalue weighted by molar-refractivity contribution is 6.39. The average Bonchev–Trinajstić information content (AvgIpc) is 3.71. The quantitative estimate of drug-likeness (QED) is 0.220. The van der Waals surface area contributed by atoms with Gasteiger partial charge in [0.15, 0.2) is 5.69 Å². The van der Waals surface area contributed by atoms with Crippen LogP contribution in [0.5, 0.6) is 5.75 Å². The number of ether oxygens (including phenoxy) is 1. The number of carbonyl (C=O) groups is 1. The fraction of sp³-hybridized carbons (Fsp3) is 0.355. The lowest BCUT2D eigenvalue weighted by molar-refractivity contribution is 0.0690. The molecule has 4 heterocycles. The summed E-state index contributed by atoms with van der Waals surface area (Å²) in [4.78, 5) is 22.3. The minimum Gasteiger partial charge on any atom is -0.490 e. The van der Waals surface area contributed by atoms with Crippen molar-refractivity contribution in [3.8, 4) is 17.0 Å². The molecule has 0 radical (unpaired) electrons. The fourth-order valence-corrected chi connectivity index (χ4v) is 5.90. The third-order valence-electron chi connectivity index (χ3n) is 7.57. The molecular weight excluding hydrogens is 563 g/mol. The zero-order valence-electron chi connectivity index (χ0n) is 22.8. The molecule has 0 atom stereocenters. The number of pyridine rings is 2. The molecular formula is C31H30Cl2N4O4. The number of anilines is 1. The van der Waals surface area contributed by atoms with Crippen molar-refractivity contribution in [2.24, 2.45) is 5.92 Å². The average molecular weight is 594 g/mol. The highest BCUT2D eigenvalue weighted by Gasteiger charge is 2.33. The van der Waals surface area contributed by atoms with Crippen LogP contribution in [0.3, 0.4) is 0 Å². The van der Waals surface area contributed by atoms with E-state index >= 15 is 0 Å². The summed E-state index contributed by atoms with van der Waals surface area (Å²) in [6.45, 7) is 5.61. The Bertz CT molecular complexity index is 1620. The van der Waals surface area contributed by atoms with Crippen molar-refractivity contribution in [3.05, 3.63) is 69.8 Å². The molecule has 2 fully saturated rings. The van der Waals surface area contributed by atoms with E-state index in [4.69, 9.17) is 32.5 Å². The van der Waals surface area contributed by atoms with E-state index in [1.807, 2.05) is 26.0 Å². The Labute approximate surface area is 247 Å². The summed E-state index contributed by atoms with van der Waals surface area (Å²) in [5, 5.41) is 15.6. The smallest absolute Gasteiger partial charge is 0.354 e. The van der Waals surface area contributed by atoms with Gasteiger partial charge in [-0.1, -0.05) is 40.5 Å². The Morgan fingerprint density at radius 3 is 2.51 bits per heavy atom. The number of allylic oxidation sites excluding steroid dienone is 1. The lowest BCUT2D eigenvalue weighted by Crippen LogP contribution is -2.33. The predicted molar refractivity (Wildman–Crippen MR) is 160 cm³/mol. The van der Waals surface area contributed by atoms with Gasteiger partial charge >= 0.3 is 5.97 Å². The van der Waals surface area contributed by atoms with Crippen LogP contribution in [0.1, 0.15) is 67.3 Å². The first-order valence-corrected chi connectivity index (χ1v) is 14.6. The lowest BCUT2D eigenvalue weighted by Gasteiger charge is -2.32. The molecule has 1 saturated carbocycles. The topological polar surface area (TPSA) is 102 Å². The monoisotopic (exact) mass is 592 g/mol. The Hall–Kier alpha value is -3.62. The number of halogens is 2. The Kier molecular flexibility index (Phi) is 7.62. The molecule has 0 unspecified atom stereocenters. The van der Waals surface area contributed by atoms with Crippen LogP contribution in [0.25, 0.3) is 28.2 Å². The van der Waals surface area contributed by atoms with Gasteiger partial charge in [0.1, 0.15) is 17.2 Å². The van der Waals surface area contributed by atoms with Gasteiger partial charge < -0.3 is 19.3 Å². The van der Waals surface area contributed by atoms with Crippen molar-refractivity contribution < 1.29 is 19.2 Å². The summed E-state index contributed by atoms with van der Waals surface area (Å²) in [6.07, 6.45) is 11.6. The Morgan fingerprint density at radius 2 is 1.85 bits per heavy atom. The number of fused-ring (bicyclic) bond motifs is 1. The summed E-state index contributed by atoms with van der Waals surface area (Å²) in [7, 11) is 0. The second-order valence-electron chi connectivity index (χ2n) is 10.9. The summed E-state index contributed by atoms with van der Waals surface area (Å²) in [5.41, 5.74) is 3.90. The van der Waals surface area contributed by atoms with Gasteiger partial charge in [0, 0.05) is 59.7 Å². The maximum atomic E-state index is 11.6. The molecule has 6 rings (SSSR count). The van der Waals surface area contributed by atoms with Gasteiger partial charge in [-0.25, -0.2) is 9.78 Å². The molecule has 0 spiro atoms. The molecule has 8 nitrogen and oxygen atoms in total. The van der Waals surface area contributed by atoms with Gasteiger partial charge in [0.05, 0.1) is 21.7 Å². The van der Waals surface area contributed by atoms with Gasteiger partial charge in [-0.15, -0.1) is 0 Å². The van der Waals surface area contributed by atoms with Gasteiger partial charge in [-0.2, -0.15) is 0 Å². The normalized spacial score (nSPS) is 16.3. The first-order valence-electron chi connectivity index (χ1n) is 13.8. The van der Waals surface area contributed by atoms with Gasteiger partial charge in [0.2, 0.25) is 0 Å². The number of aromatic nitrogens is 3. The highest BCUT2D eigenvalue weighted by atomic mass is 35.5. The molecule has 1 N–H and O–H groups in total. The SMILES string of the molecule is CC(C)Oc1cc(C(=O)O)nc2ccc(N3CCC(/C=C/c4c(-c5c(Cl)cncc5Cl)noc4C4CC4)CC3)cc12. The van der Waals surface area contributed by atoms with E-state index in [9.17, 15) is 9.90 Å². The second kappa shape index (κ2) is 11.3. The minimum atomic E-state index is -1.07. The van der Waals surface area contributed by atoms with Crippen molar-refractivity contribution in [1.82, 2.24) is 15.1 Å². The number of hydrogen-bond donors (Lipinski definition) is 1. The van der Waals surface area contributed by atoms with Gasteiger partial charge in [-0.05, 0) is 63.6 Å². The number of hydrogen-bond acceptors (Lipinski definition) is 7. The number of piperidine rings is 1. The second-order valence-corrected chi connectivity index (χ2v) is 11.7. The zero-order chi connectivity index (χ0) is 28.7. The third kappa shape index (κ3) is 5.76. The van der Waals surface area contributed by atoms with Crippen molar-refractivity contribution in [2.45, 2.75) is 51.6 Å². The molecule has 0 amide bonds. The molecule has 1 saturated heterocycles. The van der Waals surface area contributed by atoms with Crippen LogP contribution in [-0.4, -0.2) is 45.4 Å². The van der Waals surface area contributed by atoms with E-state index in [0.29, 0.717) is 44.4 Å². The molecule has 0 bridgehead atoms. The predicted octanol–water partition coefficient (Wildman–Crippen LogP) is 7.88. The number of carboxylic acids is 1. The van der Waals surface area contributed by atoms with Crippen LogP contribution >= 0.6 is 23.2 Å². The summed E-state index contributed by atoms with van der Waals surface area (Å²) in [5.74, 6) is 1.13. The van der Waals surface area contributed by atoms with Crippen LogP contribution in [0.4, 0.5) is 5.69 Å². The highest BCUT2D eigenvalue weighted by Crippen LogP contribution is 2.46. The summed E-state index contributed by atoms with van der Waals surface area (Å²) in [6, 6.07) is 7.43. The molecule has 1 aliphatic carbocycles. The van der Waals surface area contributed by atoms with Crippen LogP contribution in [0, 0.1) is 5.92 Å². The van der Waals surface area contributed by atoms with Crippen molar-refractivity contribution in [2.75, 3.05) is 18.0 Å². The molecule has 1 aliphatic heterocycles. The molecule has 1 aromatic carbocycles.